The molecule has 0 saturated heterocycles. The summed E-state index contributed by atoms with van der Waals surface area (Å²) in [5.74, 6) is 1.92. The Hall–Kier alpha value is -0.610. The summed E-state index contributed by atoms with van der Waals surface area (Å²) in [5, 5.41) is 13.1. The molecule has 0 radical (unpaired) electrons. The van der Waals surface area contributed by atoms with Gasteiger partial charge in [0.25, 0.3) is 0 Å². The van der Waals surface area contributed by atoms with Gasteiger partial charge in [-0.15, -0.1) is 0 Å². The molecule has 0 spiro atoms. The van der Waals surface area contributed by atoms with Crippen LogP contribution in [0.1, 0.15) is 58.3 Å². The molecule has 0 aromatic rings. The van der Waals surface area contributed by atoms with Crippen LogP contribution in [0.5, 0.6) is 0 Å². The molecule has 122 valence electrons. The van der Waals surface area contributed by atoms with Crippen molar-refractivity contribution in [1.29, 1.82) is 0 Å². The van der Waals surface area contributed by atoms with Gasteiger partial charge in [0, 0.05) is 32.6 Å². The first-order valence-electron chi connectivity index (χ1n) is 8.51. The molecule has 0 aromatic carbocycles. The van der Waals surface area contributed by atoms with Crippen molar-refractivity contribution in [2.75, 3.05) is 20.3 Å². The minimum atomic E-state index is -0.881. The lowest BCUT2D eigenvalue weighted by molar-refractivity contribution is -0.128. The van der Waals surface area contributed by atoms with Gasteiger partial charge in [-0.1, -0.05) is 25.7 Å². The fraction of sp³-hybridized carbons (Fsp3) is 0.941. The third-order valence-corrected chi connectivity index (χ3v) is 5.40. The molecule has 0 heterocycles. The van der Waals surface area contributed by atoms with Crippen LogP contribution in [0.15, 0.2) is 0 Å². The highest BCUT2D eigenvalue weighted by molar-refractivity contribution is 5.78. The molecule has 0 bridgehead atoms. The van der Waals surface area contributed by atoms with Crippen molar-refractivity contribution < 1.29 is 14.6 Å². The number of amides is 1. The molecule has 2 saturated carbocycles. The smallest absolute Gasteiger partial charge is 0.223 e. The monoisotopic (exact) mass is 297 g/mol. The Morgan fingerprint density at radius 2 is 1.95 bits per heavy atom. The van der Waals surface area contributed by atoms with Crippen molar-refractivity contribution >= 4 is 5.91 Å². The zero-order valence-electron chi connectivity index (χ0n) is 13.6. The number of methoxy groups -OCH3 is 1. The number of fused-ring (bicyclic) bond motifs is 1. The van der Waals surface area contributed by atoms with Crippen LogP contribution in [0, 0.1) is 17.8 Å². The van der Waals surface area contributed by atoms with Gasteiger partial charge in [0.2, 0.25) is 5.91 Å². The molecule has 2 aliphatic rings. The predicted octanol–water partition coefficient (Wildman–Crippen LogP) is 2.50. The van der Waals surface area contributed by atoms with Crippen molar-refractivity contribution in [1.82, 2.24) is 5.32 Å². The fourth-order valence-corrected chi connectivity index (χ4v) is 3.94. The zero-order valence-corrected chi connectivity index (χ0v) is 13.6. The van der Waals surface area contributed by atoms with Gasteiger partial charge in [-0.25, -0.2) is 0 Å². The molecule has 2 fully saturated rings. The van der Waals surface area contributed by atoms with Crippen molar-refractivity contribution in [3.05, 3.63) is 0 Å². The molecule has 0 aromatic heterocycles. The Morgan fingerprint density at radius 3 is 2.67 bits per heavy atom. The molecular formula is C17H31NO3. The van der Waals surface area contributed by atoms with E-state index in [0.29, 0.717) is 19.6 Å². The van der Waals surface area contributed by atoms with Gasteiger partial charge < -0.3 is 15.2 Å². The van der Waals surface area contributed by atoms with Gasteiger partial charge in [-0.2, -0.15) is 0 Å². The van der Waals surface area contributed by atoms with Crippen LogP contribution in [0.2, 0.25) is 0 Å². The second kappa shape index (κ2) is 7.59. The van der Waals surface area contributed by atoms with Gasteiger partial charge in [0.1, 0.15) is 0 Å². The number of rotatable bonds is 6. The number of hydrogen-bond donors (Lipinski definition) is 2. The fourth-order valence-electron chi connectivity index (χ4n) is 3.94. The maximum absolute atomic E-state index is 12.3. The van der Waals surface area contributed by atoms with Crippen LogP contribution in [0.25, 0.3) is 0 Å². The van der Waals surface area contributed by atoms with E-state index in [1.165, 1.54) is 32.1 Å². The third kappa shape index (κ3) is 4.96. The van der Waals surface area contributed by atoms with E-state index in [0.717, 1.165) is 24.7 Å². The summed E-state index contributed by atoms with van der Waals surface area (Å²) in [6, 6.07) is 0. The lowest BCUT2D eigenvalue weighted by Crippen LogP contribution is -2.45. The largest absolute Gasteiger partial charge is 0.388 e. The van der Waals surface area contributed by atoms with Gasteiger partial charge in [-0.3, -0.25) is 4.79 Å². The lowest BCUT2D eigenvalue weighted by atomic mass is 9.67. The normalized spacial score (nSPS) is 32.0. The molecule has 4 atom stereocenters. The molecule has 4 nitrogen and oxygen atoms in total. The van der Waals surface area contributed by atoms with E-state index in [9.17, 15) is 9.90 Å². The number of aliphatic hydroxyl groups is 1. The van der Waals surface area contributed by atoms with E-state index >= 15 is 0 Å². The average molecular weight is 297 g/mol. The Morgan fingerprint density at radius 1 is 1.24 bits per heavy atom. The highest BCUT2D eigenvalue weighted by atomic mass is 16.5. The lowest BCUT2D eigenvalue weighted by Gasteiger charge is -2.39. The van der Waals surface area contributed by atoms with E-state index in [2.05, 4.69) is 5.32 Å². The van der Waals surface area contributed by atoms with Gasteiger partial charge in [0.15, 0.2) is 0 Å². The number of carbonyl (C=O) groups is 1. The predicted molar refractivity (Wildman–Crippen MR) is 82.9 cm³/mol. The van der Waals surface area contributed by atoms with Crippen LogP contribution in [-0.2, 0) is 9.53 Å². The quantitative estimate of drug-likeness (QED) is 0.792. The molecule has 2 rings (SSSR count). The van der Waals surface area contributed by atoms with E-state index in [1.54, 1.807) is 14.0 Å². The molecule has 4 heteroatoms. The Kier molecular flexibility index (Phi) is 6.06. The summed E-state index contributed by atoms with van der Waals surface area (Å²) in [5.41, 5.74) is -0.881. The Balaban J connectivity index is 1.75. The average Bonchev–Trinajstić information content (AvgIpc) is 2.50. The summed E-state index contributed by atoms with van der Waals surface area (Å²) >= 11 is 0. The molecule has 0 aliphatic heterocycles. The summed E-state index contributed by atoms with van der Waals surface area (Å²) in [6.07, 6.45) is 9.21. The molecule has 2 N–H and O–H groups in total. The van der Waals surface area contributed by atoms with Crippen LogP contribution in [-0.4, -0.2) is 36.9 Å². The molecule has 1 amide bonds. The van der Waals surface area contributed by atoms with Gasteiger partial charge in [0.05, 0.1) is 5.60 Å². The van der Waals surface area contributed by atoms with Crippen LogP contribution in [0.4, 0.5) is 0 Å². The Labute approximate surface area is 128 Å². The van der Waals surface area contributed by atoms with Crippen molar-refractivity contribution in [3.8, 4) is 0 Å². The molecule has 21 heavy (non-hydrogen) atoms. The SMILES string of the molecule is COCCC(C)(O)CNC(=O)C1CCC2CCCCC2C1. The Bertz CT molecular complexity index is 343. The first-order chi connectivity index (χ1) is 10.0. The van der Waals surface area contributed by atoms with E-state index in [1.807, 2.05) is 0 Å². The van der Waals surface area contributed by atoms with E-state index in [4.69, 9.17) is 4.74 Å². The maximum Gasteiger partial charge on any atom is 0.223 e. The number of carbonyl (C=O) groups excluding carboxylic acids is 1. The summed E-state index contributed by atoms with van der Waals surface area (Å²) in [6.45, 7) is 2.58. The number of ether oxygens (including phenoxy) is 1. The van der Waals surface area contributed by atoms with Gasteiger partial charge in [-0.05, 0) is 38.0 Å². The minimum Gasteiger partial charge on any atom is -0.388 e. The standard InChI is InChI=1S/C17H31NO3/c1-17(20,9-10-21-2)12-18-16(19)15-8-7-13-5-3-4-6-14(13)11-15/h13-15,20H,3-12H2,1-2H3,(H,18,19). The second-order valence-electron chi connectivity index (χ2n) is 7.27. The van der Waals surface area contributed by atoms with Crippen molar-refractivity contribution in [3.63, 3.8) is 0 Å². The van der Waals surface area contributed by atoms with Gasteiger partial charge >= 0.3 is 0 Å². The first-order valence-corrected chi connectivity index (χ1v) is 8.51. The molecule has 2 aliphatic carbocycles. The highest BCUT2D eigenvalue weighted by Crippen LogP contribution is 2.42. The maximum atomic E-state index is 12.3. The summed E-state index contributed by atoms with van der Waals surface area (Å²) in [4.78, 5) is 12.3. The topological polar surface area (TPSA) is 58.6 Å². The van der Waals surface area contributed by atoms with Crippen molar-refractivity contribution in [2.24, 2.45) is 17.8 Å². The summed E-state index contributed by atoms with van der Waals surface area (Å²) < 4.78 is 4.99. The number of nitrogens with one attached hydrogen (secondary N) is 1. The van der Waals surface area contributed by atoms with E-state index in [-0.39, 0.29) is 11.8 Å². The first kappa shape index (κ1) is 16.8. The molecular weight excluding hydrogens is 266 g/mol. The van der Waals surface area contributed by atoms with Crippen LogP contribution < -0.4 is 5.32 Å². The van der Waals surface area contributed by atoms with E-state index < -0.39 is 5.60 Å². The zero-order chi connectivity index (χ0) is 15.3. The minimum absolute atomic E-state index is 0.136. The highest BCUT2D eigenvalue weighted by Gasteiger charge is 2.35. The summed E-state index contributed by atoms with van der Waals surface area (Å²) in [7, 11) is 1.62. The third-order valence-electron chi connectivity index (χ3n) is 5.40. The number of hydrogen-bond acceptors (Lipinski definition) is 3. The van der Waals surface area contributed by atoms with Crippen LogP contribution in [0.3, 0.4) is 0 Å². The molecule has 4 unspecified atom stereocenters. The van der Waals surface area contributed by atoms with Crippen molar-refractivity contribution in [2.45, 2.75) is 63.9 Å². The second-order valence-corrected chi connectivity index (χ2v) is 7.27. The van der Waals surface area contributed by atoms with Crippen LogP contribution >= 0.6 is 0 Å².